The highest BCUT2D eigenvalue weighted by Crippen LogP contribution is 2.30. The molecule has 0 unspecified atom stereocenters. The molecule has 12 heteroatoms. The second kappa shape index (κ2) is 7.86. The molecule has 1 heterocycles. The lowest BCUT2D eigenvalue weighted by Crippen LogP contribution is -2.14. The van der Waals surface area contributed by atoms with Gasteiger partial charge >= 0.3 is 11.9 Å². The van der Waals surface area contributed by atoms with Crippen molar-refractivity contribution < 1.29 is 35.2 Å². The third-order valence-corrected chi connectivity index (χ3v) is 5.38. The largest absolute Gasteiger partial charge is 0.433 e. The Morgan fingerprint density at radius 1 is 0.967 bits per heavy atom. The highest BCUT2D eigenvalue weighted by molar-refractivity contribution is 7.91. The molecule has 158 valence electrons. The number of aromatic nitrogens is 2. The number of anilines is 1. The standard InChI is InChI=1S/C18H12F5N3O3S/c19-17(20)30(28,29)14-7-1-11(2-8-14)16(27)25-12-3-5-13(6-4-12)26-15(9-10-24-26)18(21,22)23/h1-10,17H,(H,25,27). The fraction of sp³-hybridized carbons (Fsp3) is 0.111. The first kappa shape index (κ1) is 21.4. The molecule has 0 spiro atoms. The second-order valence-corrected chi connectivity index (χ2v) is 7.87. The van der Waals surface area contributed by atoms with Gasteiger partial charge in [-0.1, -0.05) is 0 Å². The Hall–Kier alpha value is -3.28. The quantitative estimate of drug-likeness (QED) is 0.599. The minimum Gasteiger partial charge on any atom is -0.322 e. The van der Waals surface area contributed by atoms with Crippen molar-refractivity contribution in [2.75, 3.05) is 5.32 Å². The van der Waals surface area contributed by atoms with E-state index in [0.29, 0.717) is 4.68 Å². The van der Waals surface area contributed by atoms with E-state index in [1.54, 1.807) is 0 Å². The summed E-state index contributed by atoms with van der Waals surface area (Å²) < 4.78 is 87.4. The Bertz CT molecular complexity index is 1160. The Kier molecular flexibility index (Phi) is 5.61. The van der Waals surface area contributed by atoms with Crippen LogP contribution in [0.3, 0.4) is 0 Å². The van der Waals surface area contributed by atoms with Gasteiger partial charge in [0.05, 0.1) is 16.8 Å². The normalized spacial score (nSPS) is 12.2. The first-order valence-corrected chi connectivity index (χ1v) is 9.70. The summed E-state index contributed by atoms with van der Waals surface area (Å²) in [6.45, 7) is 0. The van der Waals surface area contributed by atoms with Crippen LogP contribution in [-0.2, 0) is 16.0 Å². The van der Waals surface area contributed by atoms with Gasteiger partial charge in [0.25, 0.3) is 5.91 Å². The smallest absolute Gasteiger partial charge is 0.322 e. The third kappa shape index (κ3) is 4.32. The molecule has 30 heavy (non-hydrogen) atoms. The van der Waals surface area contributed by atoms with Gasteiger partial charge in [-0.3, -0.25) is 4.79 Å². The van der Waals surface area contributed by atoms with Crippen molar-refractivity contribution in [1.29, 1.82) is 0 Å². The molecule has 0 saturated carbocycles. The number of hydrogen-bond donors (Lipinski definition) is 1. The van der Waals surface area contributed by atoms with E-state index in [1.165, 1.54) is 24.3 Å². The molecule has 0 atom stereocenters. The Labute approximate surface area is 166 Å². The minimum absolute atomic E-state index is 0.00118. The molecule has 0 fully saturated rings. The number of halogens is 5. The van der Waals surface area contributed by atoms with Crippen molar-refractivity contribution in [3.63, 3.8) is 0 Å². The summed E-state index contributed by atoms with van der Waals surface area (Å²) in [6, 6.07) is 10.1. The molecule has 1 aromatic heterocycles. The maximum absolute atomic E-state index is 13.0. The van der Waals surface area contributed by atoms with E-state index < -0.39 is 38.3 Å². The van der Waals surface area contributed by atoms with Crippen molar-refractivity contribution in [2.45, 2.75) is 16.8 Å². The van der Waals surface area contributed by atoms with Gasteiger partial charge in [-0.05, 0) is 54.6 Å². The minimum atomic E-state index is -4.77. The second-order valence-electron chi connectivity index (χ2n) is 5.96. The summed E-state index contributed by atoms with van der Waals surface area (Å²) in [5.74, 6) is -4.25. The number of alkyl halides is 5. The molecular formula is C18H12F5N3O3S. The molecular weight excluding hydrogens is 433 g/mol. The summed E-state index contributed by atoms with van der Waals surface area (Å²) in [5.41, 5.74) is -0.600. The number of carbonyl (C=O) groups is 1. The van der Waals surface area contributed by atoms with Gasteiger partial charge < -0.3 is 5.32 Å². The zero-order valence-electron chi connectivity index (χ0n) is 14.8. The van der Waals surface area contributed by atoms with Gasteiger partial charge in [0, 0.05) is 11.3 Å². The van der Waals surface area contributed by atoms with Crippen LogP contribution in [0.2, 0.25) is 0 Å². The van der Waals surface area contributed by atoms with Crippen LogP contribution in [0.15, 0.2) is 65.7 Å². The highest BCUT2D eigenvalue weighted by Gasteiger charge is 2.35. The number of carbonyl (C=O) groups excluding carboxylic acids is 1. The zero-order valence-corrected chi connectivity index (χ0v) is 15.6. The van der Waals surface area contributed by atoms with Gasteiger partial charge in [0.1, 0.15) is 5.69 Å². The van der Waals surface area contributed by atoms with Gasteiger partial charge in [-0.25, -0.2) is 13.1 Å². The molecule has 0 aliphatic carbocycles. The molecule has 1 N–H and O–H groups in total. The molecule has 0 saturated heterocycles. The number of sulfone groups is 1. The van der Waals surface area contributed by atoms with Gasteiger partial charge in [0.15, 0.2) is 0 Å². The van der Waals surface area contributed by atoms with Crippen LogP contribution in [-0.4, -0.2) is 29.9 Å². The topological polar surface area (TPSA) is 81.1 Å². The van der Waals surface area contributed by atoms with E-state index in [2.05, 4.69) is 10.4 Å². The number of benzene rings is 2. The van der Waals surface area contributed by atoms with Crippen molar-refractivity contribution >= 4 is 21.4 Å². The van der Waals surface area contributed by atoms with Crippen molar-refractivity contribution in [2.24, 2.45) is 0 Å². The Morgan fingerprint density at radius 2 is 1.57 bits per heavy atom. The van der Waals surface area contributed by atoms with Crippen LogP contribution in [0.1, 0.15) is 16.1 Å². The fourth-order valence-corrected chi connectivity index (χ4v) is 3.23. The zero-order chi connectivity index (χ0) is 22.1. The lowest BCUT2D eigenvalue weighted by Gasteiger charge is -2.11. The average molecular weight is 445 g/mol. The SMILES string of the molecule is O=C(Nc1ccc(-n2nccc2C(F)(F)F)cc1)c1ccc(S(=O)(=O)C(F)F)cc1. The Morgan fingerprint density at radius 3 is 2.10 bits per heavy atom. The fourth-order valence-electron chi connectivity index (χ4n) is 2.51. The van der Waals surface area contributed by atoms with E-state index in [1.807, 2.05) is 0 Å². The summed E-state index contributed by atoms with van der Waals surface area (Å²) in [5, 5.41) is 6.11. The van der Waals surface area contributed by atoms with Gasteiger partial charge in [-0.15, -0.1) is 0 Å². The van der Waals surface area contributed by atoms with Crippen molar-refractivity contribution in [3.05, 3.63) is 72.1 Å². The van der Waals surface area contributed by atoms with Crippen LogP contribution >= 0.6 is 0 Å². The Balaban J connectivity index is 1.75. The van der Waals surface area contributed by atoms with Crippen LogP contribution in [0.25, 0.3) is 5.69 Å². The molecule has 2 aromatic carbocycles. The van der Waals surface area contributed by atoms with Crippen molar-refractivity contribution in [3.8, 4) is 5.69 Å². The molecule has 3 rings (SSSR count). The summed E-state index contributed by atoms with van der Waals surface area (Å²) >= 11 is 0. The first-order chi connectivity index (χ1) is 14.0. The monoisotopic (exact) mass is 445 g/mol. The predicted octanol–water partition coefficient (Wildman–Crippen LogP) is 4.14. The number of hydrogen-bond acceptors (Lipinski definition) is 4. The van der Waals surface area contributed by atoms with E-state index in [0.717, 1.165) is 36.5 Å². The molecule has 0 aliphatic heterocycles. The average Bonchev–Trinajstić information content (AvgIpc) is 3.19. The highest BCUT2D eigenvalue weighted by atomic mass is 32.2. The van der Waals surface area contributed by atoms with Crippen LogP contribution in [0.4, 0.5) is 27.6 Å². The van der Waals surface area contributed by atoms with Crippen LogP contribution in [0.5, 0.6) is 0 Å². The summed E-state index contributed by atoms with van der Waals surface area (Å²) in [4.78, 5) is 11.6. The van der Waals surface area contributed by atoms with E-state index in [-0.39, 0.29) is 16.9 Å². The van der Waals surface area contributed by atoms with Gasteiger partial charge in [-0.2, -0.15) is 27.1 Å². The number of nitrogens with one attached hydrogen (secondary N) is 1. The molecule has 0 aliphatic rings. The maximum atomic E-state index is 13.0. The number of rotatable bonds is 5. The number of nitrogens with zero attached hydrogens (tertiary/aromatic N) is 2. The molecule has 1 amide bonds. The number of amides is 1. The first-order valence-electron chi connectivity index (χ1n) is 8.15. The van der Waals surface area contributed by atoms with Crippen LogP contribution < -0.4 is 5.32 Å². The van der Waals surface area contributed by atoms with E-state index >= 15 is 0 Å². The van der Waals surface area contributed by atoms with E-state index in [4.69, 9.17) is 0 Å². The third-order valence-electron chi connectivity index (χ3n) is 3.98. The predicted molar refractivity (Wildman–Crippen MR) is 96.2 cm³/mol. The maximum Gasteiger partial charge on any atom is 0.433 e. The molecule has 0 radical (unpaired) electrons. The van der Waals surface area contributed by atoms with E-state index in [9.17, 15) is 35.2 Å². The van der Waals surface area contributed by atoms with Gasteiger partial charge in [0.2, 0.25) is 9.84 Å². The lowest BCUT2D eigenvalue weighted by molar-refractivity contribution is -0.142. The molecule has 6 nitrogen and oxygen atoms in total. The molecule has 0 bridgehead atoms. The lowest BCUT2D eigenvalue weighted by atomic mass is 10.2. The molecule has 3 aromatic rings. The van der Waals surface area contributed by atoms with Crippen molar-refractivity contribution in [1.82, 2.24) is 9.78 Å². The summed E-state index contributed by atoms with van der Waals surface area (Å²) in [7, 11) is -4.77. The van der Waals surface area contributed by atoms with Crippen LogP contribution in [0, 0.1) is 0 Å². The summed E-state index contributed by atoms with van der Waals surface area (Å²) in [6.07, 6.45) is -3.58.